The molecule has 0 saturated carbocycles. The van der Waals surface area contributed by atoms with Crippen LogP contribution in [0, 0.1) is 5.92 Å². The molecule has 0 unspecified atom stereocenters. The van der Waals surface area contributed by atoms with Crippen molar-refractivity contribution in [2.75, 3.05) is 13.2 Å². The summed E-state index contributed by atoms with van der Waals surface area (Å²) < 4.78 is 5.61. The third-order valence-electron chi connectivity index (χ3n) is 4.80. The molecular weight excluding hydrogens is 312 g/mol. The second kappa shape index (κ2) is 8.77. The highest BCUT2D eigenvalue weighted by Gasteiger charge is 2.29. The number of nitrogens with zero attached hydrogens (tertiary/aromatic N) is 1. The van der Waals surface area contributed by atoms with E-state index >= 15 is 0 Å². The lowest BCUT2D eigenvalue weighted by molar-refractivity contribution is 0.0925. The van der Waals surface area contributed by atoms with Gasteiger partial charge in [-0.05, 0) is 54.7 Å². The summed E-state index contributed by atoms with van der Waals surface area (Å²) in [6.45, 7) is 3.45. The van der Waals surface area contributed by atoms with E-state index in [1.165, 1.54) is 24.0 Å². The van der Waals surface area contributed by atoms with Gasteiger partial charge in [0.15, 0.2) is 0 Å². The number of nitrogens with one attached hydrogen (secondary N) is 1. The molecule has 1 fully saturated rings. The van der Waals surface area contributed by atoms with Crippen LogP contribution < -0.4 is 5.32 Å². The predicted octanol–water partition coefficient (Wildman–Crippen LogP) is 3.41. The first-order valence-corrected chi connectivity index (χ1v) is 9.12. The Morgan fingerprint density at radius 2 is 1.88 bits per heavy atom. The Morgan fingerprint density at radius 1 is 1.12 bits per heavy atom. The maximum Gasteiger partial charge on any atom is 0.251 e. The lowest BCUT2D eigenvalue weighted by Gasteiger charge is -2.19. The molecule has 0 spiro atoms. The third-order valence-corrected chi connectivity index (χ3v) is 4.80. The van der Waals surface area contributed by atoms with Crippen LogP contribution in [0.4, 0.5) is 0 Å². The number of pyridine rings is 1. The minimum Gasteiger partial charge on any atom is -0.379 e. The molecule has 1 saturated heterocycles. The minimum atomic E-state index is -0.0164. The Kier molecular flexibility index (Phi) is 6.18. The van der Waals surface area contributed by atoms with Crippen LogP contribution in [0.25, 0.3) is 0 Å². The molecule has 4 heteroatoms. The lowest BCUT2D eigenvalue weighted by Crippen LogP contribution is -2.40. The van der Waals surface area contributed by atoms with Crippen LogP contribution in [0.1, 0.15) is 41.3 Å². The predicted molar refractivity (Wildman–Crippen MR) is 98.6 cm³/mol. The van der Waals surface area contributed by atoms with Crippen molar-refractivity contribution in [1.29, 1.82) is 0 Å². The number of carbonyl (C=O) groups is 1. The van der Waals surface area contributed by atoms with Crippen molar-refractivity contribution in [3.8, 4) is 0 Å². The molecule has 1 aliphatic rings. The van der Waals surface area contributed by atoms with Crippen molar-refractivity contribution < 1.29 is 9.53 Å². The molecule has 25 heavy (non-hydrogen) atoms. The van der Waals surface area contributed by atoms with E-state index in [9.17, 15) is 4.79 Å². The van der Waals surface area contributed by atoms with Gasteiger partial charge in [-0.25, -0.2) is 0 Å². The monoisotopic (exact) mass is 338 g/mol. The molecule has 1 aromatic heterocycles. The Morgan fingerprint density at radius 3 is 2.60 bits per heavy atom. The first kappa shape index (κ1) is 17.6. The van der Waals surface area contributed by atoms with Gasteiger partial charge in [0.25, 0.3) is 5.91 Å². The number of ether oxygens (including phenoxy) is 1. The fourth-order valence-electron chi connectivity index (χ4n) is 3.24. The second-order valence-corrected chi connectivity index (χ2v) is 6.74. The summed E-state index contributed by atoms with van der Waals surface area (Å²) in [6, 6.07) is 12.1. The summed E-state index contributed by atoms with van der Waals surface area (Å²) in [6.07, 6.45) is 7.94. The minimum absolute atomic E-state index is 0.0164. The molecule has 1 aliphatic heterocycles. The first-order valence-electron chi connectivity index (χ1n) is 9.12. The normalized spacial score (nSPS) is 19.7. The number of benzene rings is 1. The van der Waals surface area contributed by atoms with Gasteiger partial charge in [-0.15, -0.1) is 0 Å². The van der Waals surface area contributed by atoms with Gasteiger partial charge in [-0.3, -0.25) is 9.78 Å². The Hall–Kier alpha value is -2.20. The van der Waals surface area contributed by atoms with Crippen molar-refractivity contribution in [2.45, 2.75) is 38.6 Å². The van der Waals surface area contributed by atoms with Crippen LogP contribution in [-0.4, -0.2) is 30.1 Å². The van der Waals surface area contributed by atoms with E-state index in [2.05, 4.69) is 29.4 Å². The van der Waals surface area contributed by atoms with Gasteiger partial charge in [-0.1, -0.05) is 25.5 Å². The Bertz CT molecular complexity index is 670. The number of unbranched alkanes of at least 4 members (excludes halogenated alkanes) is 1. The molecule has 2 aromatic rings. The molecular formula is C21H26N2O2. The van der Waals surface area contributed by atoms with Crippen LogP contribution in [0.5, 0.6) is 0 Å². The zero-order valence-electron chi connectivity index (χ0n) is 14.8. The van der Waals surface area contributed by atoms with Crippen LogP contribution in [0.2, 0.25) is 0 Å². The van der Waals surface area contributed by atoms with Gasteiger partial charge < -0.3 is 10.1 Å². The number of carbonyl (C=O) groups excluding carboxylic acids is 1. The lowest BCUT2D eigenvalue weighted by atomic mass is 9.95. The van der Waals surface area contributed by atoms with Crippen molar-refractivity contribution >= 4 is 5.91 Å². The molecule has 1 amide bonds. The van der Waals surface area contributed by atoms with E-state index < -0.39 is 0 Å². The van der Waals surface area contributed by atoms with Gasteiger partial charge >= 0.3 is 0 Å². The summed E-state index contributed by atoms with van der Waals surface area (Å²) in [5, 5.41) is 3.15. The van der Waals surface area contributed by atoms with Gasteiger partial charge in [0.05, 0.1) is 19.3 Å². The van der Waals surface area contributed by atoms with Crippen molar-refractivity contribution in [3.63, 3.8) is 0 Å². The molecule has 0 radical (unpaired) electrons. The Balaban J connectivity index is 1.57. The average Bonchev–Trinajstić information content (AvgIpc) is 3.08. The highest BCUT2D eigenvalue weighted by atomic mass is 16.5. The molecule has 2 atom stereocenters. The third kappa shape index (κ3) is 4.89. The maximum absolute atomic E-state index is 12.5. The first-order chi connectivity index (χ1) is 12.3. The van der Waals surface area contributed by atoms with E-state index in [0.29, 0.717) is 19.1 Å². The zero-order valence-corrected chi connectivity index (χ0v) is 14.8. The number of aryl methyl sites for hydroxylation is 1. The molecule has 0 aliphatic carbocycles. The summed E-state index contributed by atoms with van der Waals surface area (Å²) in [7, 11) is 0. The summed E-state index contributed by atoms with van der Waals surface area (Å²) >= 11 is 0. The largest absolute Gasteiger partial charge is 0.379 e. The quantitative estimate of drug-likeness (QED) is 0.842. The molecule has 4 nitrogen and oxygen atoms in total. The SMILES string of the molecule is CCCCc1ccc(C(=O)N[C@H]2COC[C@H]2Cc2ccncc2)cc1. The molecule has 3 rings (SSSR count). The van der Waals surface area contributed by atoms with Crippen LogP contribution in [-0.2, 0) is 17.6 Å². The van der Waals surface area contributed by atoms with Gasteiger partial charge in [-0.2, -0.15) is 0 Å². The number of hydrogen-bond donors (Lipinski definition) is 1. The highest BCUT2D eigenvalue weighted by molar-refractivity contribution is 5.94. The highest BCUT2D eigenvalue weighted by Crippen LogP contribution is 2.19. The van der Waals surface area contributed by atoms with Crippen LogP contribution >= 0.6 is 0 Å². The van der Waals surface area contributed by atoms with Crippen molar-refractivity contribution in [2.24, 2.45) is 5.92 Å². The molecule has 1 N–H and O–H groups in total. The summed E-state index contributed by atoms with van der Waals surface area (Å²) in [5.74, 6) is 0.285. The van der Waals surface area contributed by atoms with E-state index in [0.717, 1.165) is 18.4 Å². The second-order valence-electron chi connectivity index (χ2n) is 6.74. The van der Waals surface area contributed by atoms with E-state index in [1.807, 2.05) is 24.3 Å². The van der Waals surface area contributed by atoms with Gasteiger partial charge in [0.1, 0.15) is 0 Å². The van der Waals surface area contributed by atoms with Crippen molar-refractivity contribution in [1.82, 2.24) is 10.3 Å². The fraction of sp³-hybridized carbons (Fsp3) is 0.429. The van der Waals surface area contributed by atoms with Gasteiger partial charge in [0, 0.05) is 23.9 Å². The number of amides is 1. The number of hydrogen-bond acceptors (Lipinski definition) is 3. The Labute approximate surface area is 149 Å². The summed E-state index contributed by atoms with van der Waals surface area (Å²) in [4.78, 5) is 16.6. The standard InChI is InChI=1S/C21H26N2O2/c1-2-3-4-16-5-7-18(8-6-16)21(24)23-20-15-25-14-19(20)13-17-9-11-22-12-10-17/h5-12,19-20H,2-4,13-15H2,1H3,(H,23,24)/t19-,20+/m1/s1. The van der Waals surface area contributed by atoms with Crippen LogP contribution in [0.15, 0.2) is 48.8 Å². The smallest absolute Gasteiger partial charge is 0.251 e. The molecule has 132 valence electrons. The van der Waals surface area contributed by atoms with E-state index in [4.69, 9.17) is 4.74 Å². The fourth-order valence-corrected chi connectivity index (χ4v) is 3.24. The number of rotatable bonds is 7. The summed E-state index contributed by atoms with van der Waals surface area (Å²) in [5.41, 5.74) is 3.23. The van der Waals surface area contributed by atoms with E-state index in [1.54, 1.807) is 12.4 Å². The van der Waals surface area contributed by atoms with E-state index in [-0.39, 0.29) is 11.9 Å². The topological polar surface area (TPSA) is 51.2 Å². The average molecular weight is 338 g/mol. The maximum atomic E-state index is 12.5. The molecule has 1 aromatic carbocycles. The zero-order chi connectivity index (χ0) is 17.5. The van der Waals surface area contributed by atoms with Gasteiger partial charge in [0.2, 0.25) is 0 Å². The van der Waals surface area contributed by atoms with Crippen molar-refractivity contribution in [3.05, 3.63) is 65.5 Å². The van der Waals surface area contributed by atoms with Crippen LogP contribution in [0.3, 0.4) is 0 Å². The molecule has 2 heterocycles. The molecule has 0 bridgehead atoms. The number of aromatic nitrogens is 1.